The molecule has 0 aliphatic carbocycles. The van der Waals surface area contributed by atoms with Gasteiger partial charge in [0.1, 0.15) is 10.7 Å². The van der Waals surface area contributed by atoms with Gasteiger partial charge in [-0.3, -0.25) is 14.8 Å². The Morgan fingerprint density at radius 1 is 1.08 bits per heavy atom. The standard InChI is InChI=1S/C27H31N5O4S/c1-18-20(26(33)30-9-5-13-34-2)15-23(22-17-37-27(31-22)21-16-28-10-11-29-21)32(18)12-8-19-6-7-24(35-3)25(14-19)36-4/h6-7,10-11,14-17H,5,8-9,12-13H2,1-4H3,(H,30,33). The van der Waals surface area contributed by atoms with Crippen LogP contribution in [0.1, 0.15) is 28.0 Å². The fourth-order valence-electron chi connectivity index (χ4n) is 4.08. The number of aryl methyl sites for hydroxylation is 1. The number of carbonyl (C=O) groups excluding carboxylic acids is 1. The molecule has 3 heterocycles. The number of aromatic nitrogens is 4. The first kappa shape index (κ1) is 26.3. The van der Waals surface area contributed by atoms with E-state index in [0.29, 0.717) is 36.8 Å². The van der Waals surface area contributed by atoms with Crippen molar-refractivity contribution >= 4 is 17.2 Å². The molecule has 0 bridgehead atoms. The van der Waals surface area contributed by atoms with Gasteiger partial charge in [-0.1, -0.05) is 6.07 Å². The SMILES string of the molecule is COCCCNC(=O)c1cc(-c2csc(-c3cnccn3)n2)n(CCc2ccc(OC)c(OC)c2)c1C. The fraction of sp³-hybridized carbons (Fsp3) is 0.333. The van der Waals surface area contributed by atoms with E-state index < -0.39 is 0 Å². The monoisotopic (exact) mass is 521 g/mol. The Morgan fingerprint density at radius 2 is 1.92 bits per heavy atom. The molecule has 3 aromatic heterocycles. The summed E-state index contributed by atoms with van der Waals surface area (Å²) >= 11 is 1.50. The number of ether oxygens (including phenoxy) is 3. The van der Waals surface area contributed by atoms with Crippen LogP contribution in [0.3, 0.4) is 0 Å². The van der Waals surface area contributed by atoms with E-state index in [0.717, 1.165) is 46.2 Å². The quantitative estimate of drug-likeness (QED) is 0.276. The highest BCUT2D eigenvalue weighted by Crippen LogP contribution is 2.32. The van der Waals surface area contributed by atoms with E-state index in [-0.39, 0.29) is 5.91 Å². The highest BCUT2D eigenvalue weighted by Gasteiger charge is 2.21. The summed E-state index contributed by atoms with van der Waals surface area (Å²) < 4.78 is 18.1. The number of hydrogen-bond donors (Lipinski definition) is 1. The van der Waals surface area contributed by atoms with Crippen LogP contribution in [0.25, 0.3) is 22.1 Å². The lowest BCUT2D eigenvalue weighted by molar-refractivity contribution is 0.0948. The number of carbonyl (C=O) groups is 1. The lowest BCUT2D eigenvalue weighted by Crippen LogP contribution is -2.25. The molecule has 4 aromatic rings. The molecule has 0 unspecified atom stereocenters. The topological polar surface area (TPSA) is 100 Å². The smallest absolute Gasteiger partial charge is 0.253 e. The van der Waals surface area contributed by atoms with Crippen LogP contribution >= 0.6 is 11.3 Å². The molecule has 37 heavy (non-hydrogen) atoms. The van der Waals surface area contributed by atoms with Crippen LogP contribution in [-0.2, 0) is 17.7 Å². The van der Waals surface area contributed by atoms with Gasteiger partial charge in [0, 0.05) is 50.3 Å². The second-order valence-corrected chi connectivity index (χ2v) is 9.21. The van der Waals surface area contributed by atoms with Gasteiger partial charge in [-0.2, -0.15) is 0 Å². The van der Waals surface area contributed by atoms with Crippen molar-refractivity contribution in [2.45, 2.75) is 26.3 Å². The summed E-state index contributed by atoms with van der Waals surface area (Å²) in [5, 5.41) is 5.77. The van der Waals surface area contributed by atoms with E-state index in [1.54, 1.807) is 39.9 Å². The number of benzene rings is 1. The lowest BCUT2D eigenvalue weighted by Gasteiger charge is -2.13. The van der Waals surface area contributed by atoms with Crippen LogP contribution in [0.5, 0.6) is 11.5 Å². The van der Waals surface area contributed by atoms with Gasteiger partial charge < -0.3 is 24.1 Å². The van der Waals surface area contributed by atoms with E-state index in [9.17, 15) is 4.79 Å². The summed E-state index contributed by atoms with van der Waals surface area (Å²) in [4.78, 5) is 26.4. The number of thiazole rings is 1. The maximum absolute atomic E-state index is 13.0. The van der Waals surface area contributed by atoms with E-state index in [4.69, 9.17) is 19.2 Å². The van der Waals surface area contributed by atoms with Crippen molar-refractivity contribution in [1.82, 2.24) is 24.8 Å². The van der Waals surface area contributed by atoms with Gasteiger partial charge in [0.15, 0.2) is 11.5 Å². The minimum absolute atomic E-state index is 0.107. The van der Waals surface area contributed by atoms with Crippen molar-refractivity contribution in [2.24, 2.45) is 0 Å². The third kappa shape index (κ3) is 6.15. The molecule has 0 saturated heterocycles. The van der Waals surface area contributed by atoms with Crippen molar-refractivity contribution in [3.63, 3.8) is 0 Å². The van der Waals surface area contributed by atoms with Gasteiger partial charge in [0.05, 0.1) is 37.4 Å². The molecule has 10 heteroatoms. The van der Waals surface area contributed by atoms with Gasteiger partial charge >= 0.3 is 0 Å². The fourth-order valence-corrected chi connectivity index (χ4v) is 4.86. The van der Waals surface area contributed by atoms with Gasteiger partial charge in [0.25, 0.3) is 5.91 Å². The zero-order valence-corrected chi connectivity index (χ0v) is 22.3. The predicted molar refractivity (Wildman–Crippen MR) is 143 cm³/mol. The van der Waals surface area contributed by atoms with Gasteiger partial charge in [-0.25, -0.2) is 4.98 Å². The summed E-state index contributed by atoms with van der Waals surface area (Å²) in [6, 6.07) is 7.84. The third-order valence-corrected chi connectivity index (χ3v) is 6.91. The van der Waals surface area contributed by atoms with Crippen LogP contribution in [-0.4, -0.2) is 59.9 Å². The number of nitrogens with one attached hydrogen (secondary N) is 1. The first-order chi connectivity index (χ1) is 18.0. The summed E-state index contributed by atoms with van der Waals surface area (Å²) in [7, 11) is 4.90. The highest BCUT2D eigenvalue weighted by molar-refractivity contribution is 7.13. The van der Waals surface area contributed by atoms with Gasteiger partial charge in [0.2, 0.25) is 0 Å². The Hall–Kier alpha value is -3.76. The number of rotatable bonds is 12. The molecule has 1 amide bonds. The highest BCUT2D eigenvalue weighted by atomic mass is 32.1. The van der Waals surface area contributed by atoms with E-state index in [1.165, 1.54) is 11.3 Å². The van der Waals surface area contributed by atoms with Crippen molar-refractivity contribution in [3.8, 4) is 33.6 Å². The molecule has 1 N–H and O–H groups in total. The summed E-state index contributed by atoms with van der Waals surface area (Å²) in [5.74, 6) is 1.27. The molecule has 9 nitrogen and oxygen atoms in total. The Balaban J connectivity index is 1.64. The van der Waals surface area contributed by atoms with Crippen LogP contribution in [0, 0.1) is 6.92 Å². The molecule has 0 atom stereocenters. The second kappa shape index (κ2) is 12.5. The average molecular weight is 522 g/mol. The lowest BCUT2D eigenvalue weighted by atomic mass is 10.1. The predicted octanol–water partition coefficient (Wildman–Crippen LogP) is 4.40. The molecule has 0 fully saturated rings. The van der Waals surface area contributed by atoms with Crippen molar-refractivity contribution < 1.29 is 19.0 Å². The molecule has 0 radical (unpaired) electrons. The molecule has 0 aliphatic rings. The van der Waals surface area contributed by atoms with Crippen LogP contribution in [0.15, 0.2) is 48.2 Å². The Kier molecular flexibility index (Phi) is 8.86. The van der Waals surface area contributed by atoms with Gasteiger partial charge in [-0.05, 0) is 43.5 Å². The largest absolute Gasteiger partial charge is 0.493 e. The molecule has 1 aromatic carbocycles. The second-order valence-electron chi connectivity index (χ2n) is 8.35. The molecule has 0 saturated carbocycles. The summed E-state index contributed by atoms with van der Waals surface area (Å²) in [5.41, 5.74) is 5.00. The maximum Gasteiger partial charge on any atom is 0.253 e. The summed E-state index contributed by atoms with van der Waals surface area (Å²) in [6.07, 6.45) is 6.47. The zero-order valence-electron chi connectivity index (χ0n) is 21.5. The van der Waals surface area contributed by atoms with E-state index >= 15 is 0 Å². The Bertz CT molecular complexity index is 1340. The maximum atomic E-state index is 13.0. The van der Waals surface area contributed by atoms with Crippen molar-refractivity contribution in [1.29, 1.82) is 0 Å². The molecular formula is C27H31N5O4S. The van der Waals surface area contributed by atoms with Crippen molar-refractivity contribution in [2.75, 3.05) is 34.5 Å². The Morgan fingerprint density at radius 3 is 2.65 bits per heavy atom. The molecule has 0 spiro atoms. The first-order valence-electron chi connectivity index (χ1n) is 12.0. The molecular weight excluding hydrogens is 490 g/mol. The van der Waals surface area contributed by atoms with Crippen molar-refractivity contribution in [3.05, 3.63) is 65.1 Å². The number of nitrogens with zero attached hydrogens (tertiary/aromatic N) is 4. The molecule has 4 rings (SSSR count). The summed E-state index contributed by atoms with van der Waals surface area (Å²) in [6.45, 7) is 3.77. The van der Waals surface area contributed by atoms with Gasteiger partial charge in [-0.15, -0.1) is 11.3 Å². The number of amides is 1. The van der Waals surface area contributed by atoms with Crippen LogP contribution in [0.2, 0.25) is 0 Å². The minimum Gasteiger partial charge on any atom is -0.493 e. The zero-order chi connectivity index (χ0) is 26.2. The Labute approximate surface area is 220 Å². The first-order valence-corrected chi connectivity index (χ1v) is 12.8. The third-order valence-electron chi connectivity index (χ3n) is 6.04. The van der Waals surface area contributed by atoms with Crippen LogP contribution in [0.4, 0.5) is 0 Å². The van der Waals surface area contributed by atoms with Crippen LogP contribution < -0.4 is 14.8 Å². The normalized spacial score (nSPS) is 10.9. The van der Waals surface area contributed by atoms with E-state index in [2.05, 4.69) is 19.9 Å². The minimum atomic E-state index is -0.107. The number of methoxy groups -OCH3 is 3. The molecule has 194 valence electrons. The number of hydrogen-bond acceptors (Lipinski definition) is 8. The molecule has 0 aliphatic heterocycles. The van der Waals surface area contributed by atoms with E-state index in [1.807, 2.05) is 36.6 Å². The average Bonchev–Trinajstić information content (AvgIpc) is 3.55.